The number of aromatic nitrogens is 2. The van der Waals surface area contributed by atoms with Crippen LogP contribution in [0.4, 0.5) is 4.39 Å². The Morgan fingerprint density at radius 3 is 2.76 bits per heavy atom. The van der Waals surface area contributed by atoms with E-state index in [4.69, 9.17) is 14.0 Å². The number of halogens is 1. The van der Waals surface area contributed by atoms with Crippen LogP contribution in [-0.2, 0) is 11.4 Å². The zero-order valence-corrected chi connectivity index (χ0v) is 21.3. The number of pyridine rings is 1. The number of ether oxygens (including phenoxy) is 2. The lowest BCUT2D eigenvalue weighted by atomic mass is 9.80. The van der Waals surface area contributed by atoms with Gasteiger partial charge in [0.2, 0.25) is 5.88 Å². The number of rotatable bonds is 10. The summed E-state index contributed by atoms with van der Waals surface area (Å²) < 4.78 is 32.1. The summed E-state index contributed by atoms with van der Waals surface area (Å²) in [7, 11) is 1.54. The molecule has 1 atom stereocenters. The molecule has 2 aliphatic carbocycles. The third-order valence-corrected chi connectivity index (χ3v) is 7.43. The van der Waals surface area contributed by atoms with E-state index in [1.54, 1.807) is 18.3 Å². The minimum absolute atomic E-state index is 0.0464. The van der Waals surface area contributed by atoms with Crippen molar-refractivity contribution in [1.82, 2.24) is 10.1 Å². The van der Waals surface area contributed by atoms with Gasteiger partial charge in [-0.15, -0.1) is 0 Å². The standard InChI is InChI=1S/C29H31FN2O5/c1-29(2)11-4-5-22(29)27-24(37-32-28(27)21-14-19(35-3)8-9-23(21)30)16-36-25-13-18(10-12-31-25)20(15-26(33)34)17-6-7-17/h5,8-10,12-14,17,20H,4,6-7,11,15-16H2,1-3H3,(H,33,34). The molecule has 1 saturated carbocycles. The molecule has 8 heteroatoms. The average molecular weight is 507 g/mol. The largest absolute Gasteiger partial charge is 0.497 e. The van der Waals surface area contributed by atoms with Gasteiger partial charge in [0, 0.05) is 17.8 Å². The summed E-state index contributed by atoms with van der Waals surface area (Å²) in [6.07, 6.45) is 7.82. The molecule has 1 N–H and O–H groups in total. The Kier molecular flexibility index (Phi) is 6.75. The van der Waals surface area contributed by atoms with Gasteiger partial charge in [-0.05, 0) is 78.3 Å². The number of carboxylic acids is 1. The molecule has 1 unspecified atom stereocenters. The van der Waals surface area contributed by atoms with E-state index in [1.165, 1.54) is 13.2 Å². The number of carboxylic acid groups (broad SMARTS) is 1. The van der Waals surface area contributed by atoms with Crippen LogP contribution >= 0.6 is 0 Å². The van der Waals surface area contributed by atoms with Crippen molar-refractivity contribution in [2.75, 3.05) is 7.11 Å². The first-order valence-electron chi connectivity index (χ1n) is 12.6. The average Bonchev–Trinajstić information content (AvgIpc) is 3.54. The Morgan fingerprint density at radius 1 is 1.27 bits per heavy atom. The highest BCUT2D eigenvalue weighted by molar-refractivity contribution is 5.83. The van der Waals surface area contributed by atoms with E-state index >= 15 is 0 Å². The lowest BCUT2D eigenvalue weighted by Gasteiger charge is -2.23. The maximum atomic E-state index is 15.0. The molecule has 1 fully saturated rings. The highest BCUT2D eigenvalue weighted by Gasteiger charge is 2.36. The summed E-state index contributed by atoms with van der Waals surface area (Å²) in [5.74, 6) is 0.472. The normalized spacial score (nSPS) is 17.4. The molecule has 0 aliphatic heterocycles. The summed E-state index contributed by atoms with van der Waals surface area (Å²) in [5.41, 5.74) is 3.25. The van der Waals surface area contributed by atoms with Crippen molar-refractivity contribution in [2.24, 2.45) is 11.3 Å². The molecule has 0 radical (unpaired) electrons. The smallest absolute Gasteiger partial charge is 0.303 e. The zero-order chi connectivity index (χ0) is 26.2. The maximum absolute atomic E-state index is 15.0. The number of hydrogen-bond acceptors (Lipinski definition) is 6. The number of hydrogen-bond donors (Lipinski definition) is 1. The fraction of sp³-hybridized carbons (Fsp3) is 0.414. The molecule has 0 saturated heterocycles. The van der Waals surface area contributed by atoms with E-state index in [-0.39, 0.29) is 24.4 Å². The van der Waals surface area contributed by atoms with Gasteiger partial charge in [-0.2, -0.15) is 0 Å². The van der Waals surface area contributed by atoms with Crippen LogP contribution in [0.1, 0.15) is 68.8 Å². The number of carbonyl (C=O) groups is 1. The van der Waals surface area contributed by atoms with E-state index in [1.807, 2.05) is 12.1 Å². The Labute approximate surface area is 215 Å². The van der Waals surface area contributed by atoms with Crippen molar-refractivity contribution in [2.45, 2.75) is 58.5 Å². The molecule has 5 rings (SSSR count). The van der Waals surface area contributed by atoms with E-state index in [9.17, 15) is 14.3 Å². The number of nitrogens with zero attached hydrogens (tertiary/aromatic N) is 2. The minimum Gasteiger partial charge on any atom is -0.497 e. The molecule has 1 aromatic carbocycles. The summed E-state index contributed by atoms with van der Waals surface area (Å²) in [5, 5.41) is 13.6. The Morgan fingerprint density at radius 2 is 2.08 bits per heavy atom. The van der Waals surface area contributed by atoms with Crippen LogP contribution in [0.25, 0.3) is 16.8 Å². The molecular weight excluding hydrogens is 475 g/mol. The Balaban J connectivity index is 1.47. The van der Waals surface area contributed by atoms with Gasteiger partial charge >= 0.3 is 5.97 Å². The molecule has 37 heavy (non-hydrogen) atoms. The van der Waals surface area contributed by atoms with Gasteiger partial charge < -0.3 is 19.1 Å². The summed E-state index contributed by atoms with van der Waals surface area (Å²) in [4.78, 5) is 15.7. The van der Waals surface area contributed by atoms with Crippen molar-refractivity contribution in [3.8, 4) is 22.9 Å². The lowest BCUT2D eigenvalue weighted by molar-refractivity contribution is -0.137. The molecular formula is C29H31FN2O5. The first-order chi connectivity index (χ1) is 17.8. The van der Waals surface area contributed by atoms with Crippen LogP contribution in [0.15, 0.2) is 47.1 Å². The summed E-state index contributed by atoms with van der Waals surface area (Å²) >= 11 is 0. The molecule has 7 nitrogen and oxygen atoms in total. The second kappa shape index (κ2) is 10.00. The fourth-order valence-electron chi connectivity index (χ4n) is 5.24. The predicted octanol–water partition coefficient (Wildman–Crippen LogP) is 6.64. The first kappa shape index (κ1) is 25.0. The second-order valence-corrected chi connectivity index (χ2v) is 10.5. The van der Waals surface area contributed by atoms with E-state index in [0.717, 1.165) is 42.4 Å². The minimum atomic E-state index is -0.813. The quantitative estimate of drug-likeness (QED) is 0.330. The van der Waals surface area contributed by atoms with Crippen LogP contribution in [-0.4, -0.2) is 28.3 Å². The van der Waals surface area contributed by atoms with Crippen LogP contribution < -0.4 is 9.47 Å². The van der Waals surface area contributed by atoms with Crippen LogP contribution in [0, 0.1) is 17.2 Å². The topological polar surface area (TPSA) is 94.7 Å². The molecule has 2 aliphatic rings. The highest BCUT2D eigenvalue weighted by atomic mass is 19.1. The Hall–Kier alpha value is -3.68. The highest BCUT2D eigenvalue weighted by Crippen LogP contribution is 2.49. The molecule has 2 aromatic heterocycles. The third kappa shape index (κ3) is 5.24. The van der Waals surface area contributed by atoms with E-state index in [0.29, 0.717) is 34.6 Å². The molecule has 2 heterocycles. The molecule has 0 bridgehead atoms. The van der Waals surface area contributed by atoms with E-state index in [2.05, 4.69) is 30.1 Å². The van der Waals surface area contributed by atoms with Crippen LogP contribution in [0.5, 0.6) is 11.6 Å². The lowest BCUT2D eigenvalue weighted by Crippen LogP contribution is -2.11. The molecule has 194 valence electrons. The molecule has 3 aromatic rings. The van der Waals surface area contributed by atoms with Gasteiger partial charge in [0.1, 0.15) is 17.3 Å². The van der Waals surface area contributed by atoms with E-state index < -0.39 is 11.8 Å². The predicted molar refractivity (Wildman–Crippen MR) is 136 cm³/mol. The first-order valence-corrected chi connectivity index (χ1v) is 12.6. The van der Waals surface area contributed by atoms with Crippen molar-refractivity contribution < 1.29 is 28.3 Å². The molecule has 0 spiro atoms. The van der Waals surface area contributed by atoms with Crippen molar-refractivity contribution in [3.05, 3.63) is 65.3 Å². The second-order valence-electron chi connectivity index (χ2n) is 10.5. The zero-order valence-electron chi connectivity index (χ0n) is 21.3. The summed E-state index contributed by atoms with van der Waals surface area (Å²) in [6, 6.07) is 8.21. The Bertz CT molecular complexity index is 1340. The van der Waals surface area contributed by atoms with Gasteiger partial charge in [0.15, 0.2) is 12.4 Å². The van der Waals surface area contributed by atoms with Crippen molar-refractivity contribution in [3.63, 3.8) is 0 Å². The van der Waals surface area contributed by atoms with Crippen LogP contribution in [0.3, 0.4) is 0 Å². The number of aliphatic carboxylic acids is 1. The fourth-order valence-corrected chi connectivity index (χ4v) is 5.24. The van der Waals surface area contributed by atoms with Gasteiger partial charge in [-0.3, -0.25) is 4.79 Å². The number of allylic oxidation sites excluding steroid dienone is 2. The maximum Gasteiger partial charge on any atom is 0.303 e. The van der Waals surface area contributed by atoms with Gasteiger partial charge in [-0.1, -0.05) is 25.1 Å². The SMILES string of the molecule is COc1ccc(F)c(-c2noc(COc3cc(C(CC(=O)O)C4CC4)ccn3)c2C2=CCCC2(C)C)c1. The van der Waals surface area contributed by atoms with Gasteiger partial charge in [0.25, 0.3) is 0 Å². The van der Waals surface area contributed by atoms with Gasteiger partial charge in [0.05, 0.1) is 19.1 Å². The number of benzene rings is 1. The van der Waals surface area contributed by atoms with Crippen LogP contribution in [0.2, 0.25) is 0 Å². The van der Waals surface area contributed by atoms with Crippen molar-refractivity contribution in [1.29, 1.82) is 0 Å². The van der Waals surface area contributed by atoms with Gasteiger partial charge in [-0.25, -0.2) is 9.37 Å². The van der Waals surface area contributed by atoms with Crippen molar-refractivity contribution >= 4 is 11.5 Å². The molecule has 0 amide bonds. The number of methoxy groups -OCH3 is 1. The monoisotopic (exact) mass is 506 g/mol. The third-order valence-electron chi connectivity index (χ3n) is 7.43. The summed E-state index contributed by atoms with van der Waals surface area (Å²) in [6.45, 7) is 4.35.